The van der Waals surface area contributed by atoms with E-state index in [2.05, 4.69) is 10.9 Å². The van der Waals surface area contributed by atoms with Crippen molar-refractivity contribution in [2.24, 2.45) is 0 Å². The largest absolute Gasteiger partial charge is 0.493 e. The summed E-state index contributed by atoms with van der Waals surface area (Å²) in [6.45, 7) is 0. The minimum atomic E-state index is -0.476. The van der Waals surface area contributed by atoms with Crippen molar-refractivity contribution in [1.82, 2.24) is 10.9 Å². The first-order valence-corrected chi connectivity index (χ1v) is 8.88. The molecule has 1 aromatic heterocycles. The number of carbonyl (C=O) groups is 2. The number of rotatable bonds is 8. The summed E-state index contributed by atoms with van der Waals surface area (Å²) in [5.74, 6) is 0.390. The lowest BCUT2D eigenvalue weighted by atomic mass is 10.1. The molecule has 1 aromatic carbocycles. The van der Waals surface area contributed by atoms with Crippen molar-refractivity contribution < 1.29 is 23.8 Å². The number of nitrogens with one attached hydrogen (secondary N) is 2. The quantitative estimate of drug-likeness (QED) is 0.690. The second-order valence-electron chi connectivity index (χ2n) is 5.35. The number of thiophene rings is 1. The molecule has 0 saturated carbocycles. The van der Waals surface area contributed by atoms with Crippen LogP contribution >= 0.6 is 11.3 Å². The van der Waals surface area contributed by atoms with E-state index in [1.807, 2.05) is 17.5 Å². The van der Waals surface area contributed by atoms with Gasteiger partial charge in [-0.15, -0.1) is 11.3 Å². The average Bonchev–Trinajstić information content (AvgIpc) is 3.18. The third-order valence-electron chi connectivity index (χ3n) is 3.65. The second-order valence-corrected chi connectivity index (χ2v) is 6.38. The summed E-state index contributed by atoms with van der Waals surface area (Å²) < 4.78 is 15.6. The van der Waals surface area contributed by atoms with E-state index in [4.69, 9.17) is 14.2 Å². The molecule has 140 valence electrons. The number of hydrogen-bond donors (Lipinski definition) is 2. The first-order valence-electron chi connectivity index (χ1n) is 8.00. The lowest BCUT2D eigenvalue weighted by molar-refractivity contribution is -0.121. The SMILES string of the molecule is COc1cc(C(=O)NNC(=O)CCCc2cccs2)cc(OC)c1OC. The number of benzene rings is 1. The lowest BCUT2D eigenvalue weighted by Crippen LogP contribution is -2.41. The van der Waals surface area contributed by atoms with Crippen LogP contribution < -0.4 is 25.1 Å². The van der Waals surface area contributed by atoms with Crippen LogP contribution in [0.25, 0.3) is 0 Å². The van der Waals surface area contributed by atoms with Crippen LogP contribution in [0.1, 0.15) is 28.1 Å². The molecular weight excluding hydrogens is 356 g/mol. The molecule has 0 fully saturated rings. The predicted octanol–water partition coefficient (Wildman–Crippen LogP) is 2.56. The summed E-state index contributed by atoms with van der Waals surface area (Å²) in [7, 11) is 4.42. The van der Waals surface area contributed by atoms with Gasteiger partial charge in [-0.1, -0.05) is 6.07 Å². The Balaban J connectivity index is 1.89. The highest BCUT2D eigenvalue weighted by molar-refractivity contribution is 7.09. The molecule has 2 rings (SSSR count). The van der Waals surface area contributed by atoms with Gasteiger partial charge in [-0.05, 0) is 36.4 Å². The summed E-state index contributed by atoms with van der Waals surface area (Å²) in [5.41, 5.74) is 5.09. The van der Waals surface area contributed by atoms with E-state index in [0.717, 1.165) is 6.42 Å². The van der Waals surface area contributed by atoms with Crippen molar-refractivity contribution in [2.45, 2.75) is 19.3 Å². The summed E-state index contributed by atoms with van der Waals surface area (Å²) >= 11 is 1.66. The van der Waals surface area contributed by atoms with Gasteiger partial charge < -0.3 is 14.2 Å². The molecule has 0 bridgehead atoms. The van der Waals surface area contributed by atoms with Crippen LogP contribution in [0.4, 0.5) is 0 Å². The lowest BCUT2D eigenvalue weighted by Gasteiger charge is -2.14. The van der Waals surface area contributed by atoms with Gasteiger partial charge in [0.15, 0.2) is 11.5 Å². The first-order chi connectivity index (χ1) is 12.6. The minimum Gasteiger partial charge on any atom is -0.493 e. The highest BCUT2D eigenvalue weighted by Crippen LogP contribution is 2.38. The monoisotopic (exact) mass is 378 g/mol. The van der Waals surface area contributed by atoms with Gasteiger partial charge >= 0.3 is 0 Å². The van der Waals surface area contributed by atoms with Crippen molar-refractivity contribution >= 4 is 23.2 Å². The van der Waals surface area contributed by atoms with Gasteiger partial charge in [0.05, 0.1) is 21.3 Å². The van der Waals surface area contributed by atoms with Crippen LogP contribution in [0.15, 0.2) is 29.6 Å². The summed E-state index contributed by atoms with van der Waals surface area (Å²) in [5, 5.41) is 2.01. The summed E-state index contributed by atoms with van der Waals surface area (Å²) in [6.07, 6.45) is 1.88. The Morgan fingerprint density at radius 2 is 1.73 bits per heavy atom. The molecule has 7 nitrogen and oxygen atoms in total. The zero-order chi connectivity index (χ0) is 18.9. The molecule has 0 aliphatic heterocycles. The number of methoxy groups -OCH3 is 3. The fourth-order valence-corrected chi connectivity index (χ4v) is 3.10. The van der Waals surface area contributed by atoms with Crippen molar-refractivity contribution in [1.29, 1.82) is 0 Å². The zero-order valence-corrected chi connectivity index (χ0v) is 15.8. The maximum atomic E-state index is 12.3. The summed E-state index contributed by atoms with van der Waals surface area (Å²) in [6, 6.07) is 7.05. The third-order valence-corrected chi connectivity index (χ3v) is 4.59. The maximum Gasteiger partial charge on any atom is 0.269 e. The Hall–Kier alpha value is -2.74. The van der Waals surface area contributed by atoms with Gasteiger partial charge in [-0.3, -0.25) is 20.4 Å². The number of ether oxygens (including phenoxy) is 3. The third kappa shape index (κ3) is 5.13. The zero-order valence-electron chi connectivity index (χ0n) is 15.0. The van der Waals surface area contributed by atoms with Crippen molar-refractivity contribution in [3.63, 3.8) is 0 Å². The molecular formula is C18H22N2O5S. The molecule has 2 amide bonds. The van der Waals surface area contributed by atoms with Gasteiger partial charge in [-0.2, -0.15) is 0 Å². The smallest absolute Gasteiger partial charge is 0.269 e. The Morgan fingerprint density at radius 1 is 1.04 bits per heavy atom. The van der Waals surface area contributed by atoms with E-state index >= 15 is 0 Å². The Morgan fingerprint density at radius 3 is 2.27 bits per heavy atom. The Bertz CT molecular complexity index is 721. The van der Waals surface area contributed by atoms with Gasteiger partial charge in [0.1, 0.15) is 0 Å². The van der Waals surface area contributed by atoms with Crippen LogP contribution in [-0.4, -0.2) is 33.1 Å². The van der Waals surface area contributed by atoms with E-state index in [-0.39, 0.29) is 11.5 Å². The van der Waals surface area contributed by atoms with Crippen LogP contribution in [0.2, 0.25) is 0 Å². The first kappa shape index (κ1) is 19.6. The van der Waals surface area contributed by atoms with Crippen LogP contribution in [0, 0.1) is 0 Å². The minimum absolute atomic E-state index is 0.248. The van der Waals surface area contributed by atoms with E-state index in [1.54, 1.807) is 11.3 Å². The van der Waals surface area contributed by atoms with Crippen LogP contribution in [0.5, 0.6) is 17.2 Å². The van der Waals surface area contributed by atoms with Crippen molar-refractivity contribution in [2.75, 3.05) is 21.3 Å². The molecule has 0 unspecified atom stereocenters. The molecule has 0 spiro atoms. The molecule has 1 heterocycles. The molecule has 2 aromatic rings. The van der Waals surface area contributed by atoms with E-state index in [1.165, 1.54) is 38.3 Å². The van der Waals surface area contributed by atoms with E-state index < -0.39 is 5.91 Å². The average molecular weight is 378 g/mol. The number of aryl methyl sites for hydroxylation is 1. The number of hydrazine groups is 1. The molecule has 2 N–H and O–H groups in total. The topological polar surface area (TPSA) is 85.9 Å². The van der Waals surface area contributed by atoms with E-state index in [9.17, 15) is 9.59 Å². The predicted molar refractivity (Wildman–Crippen MR) is 99.0 cm³/mol. The van der Waals surface area contributed by atoms with Gasteiger partial charge in [0.2, 0.25) is 11.7 Å². The van der Waals surface area contributed by atoms with Crippen molar-refractivity contribution in [3.05, 3.63) is 40.1 Å². The molecule has 26 heavy (non-hydrogen) atoms. The van der Waals surface area contributed by atoms with E-state index in [0.29, 0.717) is 30.1 Å². The van der Waals surface area contributed by atoms with Gasteiger partial charge in [0, 0.05) is 16.9 Å². The molecule has 0 aliphatic carbocycles. The molecule has 8 heteroatoms. The standard InChI is InChI=1S/C18H22N2O5S/c1-23-14-10-12(11-15(24-2)17(14)25-3)18(22)20-19-16(21)8-4-6-13-7-5-9-26-13/h5,7,9-11H,4,6,8H2,1-3H3,(H,19,21)(H,20,22). The fourth-order valence-electron chi connectivity index (χ4n) is 2.35. The maximum absolute atomic E-state index is 12.3. The molecule has 0 saturated heterocycles. The summed E-state index contributed by atoms with van der Waals surface area (Å²) in [4.78, 5) is 25.4. The van der Waals surface area contributed by atoms with Crippen molar-refractivity contribution in [3.8, 4) is 17.2 Å². The molecule has 0 atom stereocenters. The Kier molecular flexibility index (Phi) is 7.28. The number of amides is 2. The fraction of sp³-hybridized carbons (Fsp3) is 0.333. The van der Waals surface area contributed by atoms with Gasteiger partial charge in [-0.25, -0.2) is 0 Å². The second kappa shape index (κ2) is 9.67. The van der Waals surface area contributed by atoms with Gasteiger partial charge in [0.25, 0.3) is 5.91 Å². The Labute approximate surface area is 156 Å². The number of hydrogen-bond acceptors (Lipinski definition) is 6. The number of carbonyl (C=O) groups excluding carboxylic acids is 2. The molecule has 0 aliphatic rings. The van der Waals surface area contributed by atoms with Crippen LogP contribution in [0.3, 0.4) is 0 Å². The normalized spacial score (nSPS) is 10.1. The highest BCUT2D eigenvalue weighted by Gasteiger charge is 2.17. The van der Waals surface area contributed by atoms with Crippen LogP contribution in [-0.2, 0) is 11.2 Å². The molecule has 0 radical (unpaired) electrons. The highest BCUT2D eigenvalue weighted by atomic mass is 32.1.